The summed E-state index contributed by atoms with van der Waals surface area (Å²) in [6.07, 6.45) is 4.43. The Hall–Kier alpha value is -1.10. The van der Waals surface area contributed by atoms with Crippen LogP contribution in [-0.4, -0.2) is 60.4 Å². The van der Waals surface area contributed by atoms with E-state index in [4.69, 9.17) is 0 Å². The van der Waals surface area contributed by atoms with Crippen LogP contribution in [0.4, 0.5) is 0 Å². The van der Waals surface area contributed by atoms with E-state index >= 15 is 0 Å². The highest BCUT2D eigenvalue weighted by molar-refractivity contribution is 5.88. The van der Waals surface area contributed by atoms with Crippen molar-refractivity contribution in [2.75, 3.05) is 32.7 Å². The van der Waals surface area contributed by atoms with E-state index in [2.05, 4.69) is 33.0 Å². The van der Waals surface area contributed by atoms with E-state index in [0.29, 0.717) is 12.3 Å². The standard InChI is InChI=1S/C19H35N3O2/c1-5-20-14-15-8-11-21(12-9-15)18(24)16-7-6-10-22(16)17(23)13-19(2,3)4/h15-16,20H,5-14H2,1-4H3. The molecular formula is C19H35N3O2. The molecule has 5 heteroatoms. The van der Waals surface area contributed by atoms with Crippen LogP contribution >= 0.6 is 0 Å². The molecule has 1 unspecified atom stereocenters. The van der Waals surface area contributed by atoms with Gasteiger partial charge in [-0.15, -0.1) is 0 Å². The Morgan fingerprint density at radius 1 is 1.08 bits per heavy atom. The van der Waals surface area contributed by atoms with Crippen LogP contribution in [0.2, 0.25) is 0 Å². The van der Waals surface area contributed by atoms with Gasteiger partial charge in [0.15, 0.2) is 0 Å². The third-order valence-corrected chi connectivity index (χ3v) is 5.15. The Bertz CT molecular complexity index is 436. The van der Waals surface area contributed by atoms with Crippen molar-refractivity contribution in [3.8, 4) is 0 Å². The number of hydrogen-bond acceptors (Lipinski definition) is 3. The maximum absolute atomic E-state index is 12.9. The number of rotatable bonds is 5. The predicted octanol–water partition coefficient (Wildman–Crippen LogP) is 2.26. The van der Waals surface area contributed by atoms with Crippen LogP contribution in [0.3, 0.4) is 0 Å². The minimum absolute atomic E-state index is 0.0299. The van der Waals surface area contributed by atoms with Crippen LogP contribution in [-0.2, 0) is 9.59 Å². The Labute approximate surface area is 147 Å². The lowest BCUT2D eigenvalue weighted by Crippen LogP contribution is -2.50. The molecule has 1 atom stereocenters. The summed E-state index contributed by atoms with van der Waals surface area (Å²) in [4.78, 5) is 29.3. The van der Waals surface area contributed by atoms with Crippen molar-refractivity contribution in [1.82, 2.24) is 15.1 Å². The second-order valence-electron chi connectivity index (χ2n) is 8.56. The Kier molecular flexibility index (Phi) is 6.67. The van der Waals surface area contributed by atoms with Gasteiger partial charge in [0.05, 0.1) is 0 Å². The van der Waals surface area contributed by atoms with Gasteiger partial charge in [0.2, 0.25) is 11.8 Å². The van der Waals surface area contributed by atoms with Crippen LogP contribution in [0.5, 0.6) is 0 Å². The van der Waals surface area contributed by atoms with Gasteiger partial charge in [-0.1, -0.05) is 27.7 Å². The Balaban J connectivity index is 1.88. The molecule has 0 aliphatic carbocycles. The molecule has 5 nitrogen and oxygen atoms in total. The largest absolute Gasteiger partial charge is 0.341 e. The fraction of sp³-hybridized carbons (Fsp3) is 0.895. The van der Waals surface area contributed by atoms with Crippen LogP contribution in [0.15, 0.2) is 0 Å². The van der Waals surface area contributed by atoms with E-state index in [1.807, 2.05) is 9.80 Å². The highest BCUT2D eigenvalue weighted by atomic mass is 16.2. The van der Waals surface area contributed by atoms with Gasteiger partial charge in [-0.05, 0) is 50.1 Å². The van der Waals surface area contributed by atoms with E-state index in [0.717, 1.165) is 58.4 Å². The van der Waals surface area contributed by atoms with Crippen LogP contribution in [0.25, 0.3) is 0 Å². The van der Waals surface area contributed by atoms with Gasteiger partial charge in [-0.3, -0.25) is 9.59 Å². The molecule has 138 valence electrons. The van der Waals surface area contributed by atoms with E-state index in [9.17, 15) is 9.59 Å². The molecule has 0 bridgehead atoms. The quantitative estimate of drug-likeness (QED) is 0.837. The molecule has 2 heterocycles. The lowest BCUT2D eigenvalue weighted by Gasteiger charge is -2.36. The monoisotopic (exact) mass is 337 g/mol. The van der Waals surface area contributed by atoms with Crippen molar-refractivity contribution < 1.29 is 9.59 Å². The molecule has 0 radical (unpaired) electrons. The first-order valence-electron chi connectivity index (χ1n) is 9.61. The molecule has 2 fully saturated rings. The SMILES string of the molecule is CCNCC1CCN(C(=O)C2CCCN2C(=O)CC(C)(C)C)CC1. The molecule has 2 aliphatic heterocycles. The number of nitrogens with one attached hydrogen (secondary N) is 1. The summed E-state index contributed by atoms with van der Waals surface area (Å²) in [6.45, 7) is 12.8. The maximum atomic E-state index is 12.9. The molecule has 0 aromatic heterocycles. The summed E-state index contributed by atoms with van der Waals surface area (Å²) in [6, 6.07) is -0.217. The van der Waals surface area contributed by atoms with Gasteiger partial charge in [0.1, 0.15) is 6.04 Å². The Morgan fingerprint density at radius 2 is 1.75 bits per heavy atom. The van der Waals surface area contributed by atoms with Gasteiger partial charge >= 0.3 is 0 Å². The first kappa shape index (κ1) is 19.2. The number of nitrogens with zero attached hydrogens (tertiary/aromatic N) is 2. The molecule has 1 N–H and O–H groups in total. The van der Waals surface area contributed by atoms with Crippen molar-refractivity contribution in [3.05, 3.63) is 0 Å². The van der Waals surface area contributed by atoms with Crippen molar-refractivity contribution in [2.24, 2.45) is 11.3 Å². The van der Waals surface area contributed by atoms with E-state index < -0.39 is 0 Å². The molecule has 0 saturated carbocycles. The van der Waals surface area contributed by atoms with Crippen LogP contribution < -0.4 is 5.32 Å². The number of carbonyl (C=O) groups excluding carboxylic acids is 2. The van der Waals surface area contributed by atoms with E-state index in [1.165, 1.54) is 0 Å². The summed E-state index contributed by atoms with van der Waals surface area (Å²) in [7, 11) is 0. The highest BCUT2D eigenvalue weighted by Gasteiger charge is 2.38. The van der Waals surface area contributed by atoms with Gasteiger partial charge in [0.25, 0.3) is 0 Å². The number of amides is 2. The molecule has 24 heavy (non-hydrogen) atoms. The van der Waals surface area contributed by atoms with Gasteiger partial charge in [0, 0.05) is 26.1 Å². The first-order valence-corrected chi connectivity index (χ1v) is 9.61. The second-order valence-corrected chi connectivity index (χ2v) is 8.56. The number of likely N-dealkylation sites (tertiary alicyclic amines) is 2. The summed E-state index contributed by atoms with van der Waals surface area (Å²) in [5, 5.41) is 3.40. The van der Waals surface area contributed by atoms with Gasteiger partial charge < -0.3 is 15.1 Å². The van der Waals surface area contributed by atoms with Gasteiger partial charge in [-0.2, -0.15) is 0 Å². The minimum Gasteiger partial charge on any atom is -0.341 e. The van der Waals surface area contributed by atoms with E-state index in [-0.39, 0.29) is 23.3 Å². The fourth-order valence-corrected chi connectivity index (χ4v) is 3.79. The molecule has 2 aliphatic rings. The summed E-state index contributed by atoms with van der Waals surface area (Å²) >= 11 is 0. The summed E-state index contributed by atoms with van der Waals surface area (Å²) < 4.78 is 0. The van der Waals surface area contributed by atoms with Crippen molar-refractivity contribution in [3.63, 3.8) is 0 Å². The zero-order chi connectivity index (χ0) is 17.7. The highest BCUT2D eigenvalue weighted by Crippen LogP contribution is 2.27. The summed E-state index contributed by atoms with van der Waals surface area (Å²) in [5.41, 5.74) is -0.0299. The molecule has 2 amide bonds. The molecule has 0 aromatic rings. The summed E-state index contributed by atoms with van der Waals surface area (Å²) in [5.74, 6) is 0.994. The molecule has 0 spiro atoms. The average Bonchev–Trinajstić information content (AvgIpc) is 3.01. The lowest BCUT2D eigenvalue weighted by molar-refractivity contribution is -0.145. The molecule has 0 aromatic carbocycles. The number of piperidine rings is 1. The molecule has 2 saturated heterocycles. The van der Waals surface area contributed by atoms with Crippen molar-refractivity contribution in [2.45, 2.75) is 65.8 Å². The van der Waals surface area contributed by atoms with Crippen molar-refractivity contribution in [1.29, 1.82) is 0 Å². The topological polar surface area (TPSA) is 52.7 Å². The van der Waals surface area contributed by atoms with E-state index in [1.54, 1.807) is 0 Å². The predicted molar refractivity (Wildman–Crippen MR) is 96.7 cm³/mol. The zero-order valence-corrected chi connectivity index (χ0v) is 15.9. The molecule has 2 rings (SSSR count). The fourth-order valence-electron chi connectivity index (χ4n) is 3.79. The zero-order valence-electron chi connectivity index (χ0n) is 15.9. The normalized spacial score (nSPS) is 22.9. The third kappa shape index (κ3) is 5.20. The lowest BCUT2D eigenvalue weighted by atomic mass is 9.91. The minimum atomic E-state index is -0.217. The third-order valence-electron chi connectivity index (χ3n) is 5.15. The second kappa shape index (κ2) is 8.32. The smallest absolute Gasteiger partial charge is 0.245 e. The van der Waals surface area contributed by atoms with Crippen LogP contribution in [0, 0.1) is 11.3 Å². The molecular weight excluding hydrogens is 302 g/mol. The average molecular weight is 338 g/mol. The van der Waals surface area contributed by atoms with Gasteiger partial charge in [-0.25, -0.2) is 0 Å². The van der Waals surface area contributed by atoms with Crippen molar-refractivity contribution >= 4 is 11.8 Å². The number of carbonyl (C=O) groups is 2. The van der Waals surface area contributed by atoms with Crippen LogP contribution in [0.1, 0.15) is 59.8 Å². The Morgan fingerprint density at radius 3 is 2.33 bits per heavy atom. The first-order chi connectivity index (χ1) is 11.3. The number of hydrogen-bond donors (Lipinski definition) is 1. The maximum Gasteiger partial charge on any atom is 0.245 e.